The Morgan fingerprint density at radius 2 is 2.25 bits per heavy atom. The molecule has 0 fully saturated rings. The highest BCUT2D eigenvalue weighted by molar-refractivity contribution is 7.92. The van der Waals surface area contributed by atoms with Gasteiger partial charge in [0.2, 0.25) is 10.0 Å². The summed E-state index contributed by atoms with van der Waals surface area (Å²) < 4.78 is 23.0. The predicted octanol–water partition coefficient (Wildman–Crippen LogP) is 0.0692. The minimum Gasteiger partial charge on any atom is -0.212 e. The number of rotatable bonds is 3. The van der Waals surface area contributed by atoms with E-state index in [0.717, 1.165) is 5.41 Å². The molecule has 3 nitrogen and oxygen atoms in total. The Kier molecular flexibility index (Phi) is 2.71. The molecule has 0 spiro atoms. The van der Waals surface area contributed by atoms with Crippen LogP contribution in [0.5, 0.6) is 0 Å². The Bertz CT molecular complexity index is 159. The molecule has 0 aliphatic carbocycles. The average molecular weight is 135 g/mol. The molecule has 0 atom stereocenters. The molecule has 0 radical (unpaired) electrons. The zero-order chi connectivity index (χ0) is 6.62. The van der Waals surface area contributed by atoms with Crippen molar-refractivity contribution in [2.75, 3.05) is 6.54 Å². The molecule has 4 heteroatoms. The van der Waals surface area contributed by atoms with Crippen molar-refractivity contribution in [3.63, 3.8) is 0 Å². The van der Waals surface area contributed by atoms with E-state index < -0.39 is 10.0 Å². The van der Waals surface area contributed by atoms with E-state index in [1.165, 1.54) is 0 Å². The van der Waals surface area contributed by atoms with Crippen molar-refractivity contribution >= 4 is 10.0 Å². The molecule has 0 saturated carbocycles. The third kappa shape index (κ3) is 2.76. The van der Waals surface area contributed by atoms with Crippen molar-refractivity contribution in [3.05, 3.63) is 12.0 Å². The van der Waals surface area contributed by atoms with Crippen LogP contribution in [0, 0.1) is 0 Å². The van der Waals surface area contributed by atoms with E-state index in [2.05, 4.69) is 11.3 Å². The van der Waals surface area contributed by atoms with E-state index in [-0.39, 0.29) is 0 Å². The van der Waals surface area contributed by atoms with Crippen molar-refractivity contribution in [3.8, 4) is 0 Å². The quantitative estimate of drug-likeness (QED) is 0.595. The summed E-state index contributed by atoms with van der Waals surface area (Å²) in [4.78, 5) is 0. The maximum absolute atomic E-state index is 10.4. The number of sulfonamides is 1. The first-order chi connectivity index (χ1) is 3.62. The molecule has 48 valence electrons. The van der Waals surface area contributed by atoms with Gasteiger partial charge in [-0.15, -0.1) is 0 Å². The van der Waals surface area contributed by atoms with Crippen LogP contribution in [0.1, 0.15) is 6.92 Å². The lowest BCUT2D eigenvalue weighted by Gasteiger charge is -1.93. The fourth-order valence-electron chi connectivity index (χ4n) is 0.260. The Hall–Kier alpha value is -0.350. The Balaban J connectivity index is 3.95. The van der Waals surface area contributed by atoms with Crippen LogP contribution in [0.2, 0.25) is 0 Å². The van der Waals surface area contributed by atoms with E-state index in [1.807, 2.05) is 0 Å². The summed E-state index contributed by atoms with van der Waals surface area (Å²) in [5.74, 6) is 0. The molecule has 0 aliphatic heterocycles. The Labute approximate surface area is 49.5 Å². The predicted molar refractivity (Wildman–Crippen MR) is 32.8 cm³/mol. The normalized spacial score (nSPS) is 11.1. The molecule has 0 aliphatic rings. The molecule has 0 saturated heterocycles. The van der Waals surface area contributed by atoms with Crippen molar-refractivity contribution in [2.45, 2.75) is 6.92 Å². The van der Waals surface area contributed by atoms with Crippen molar-refractivity contribution in [2.24, 2.45) is 0 Å². The first kappa shape index (κ1) is 7.65. The van der Waals surface area contributed by atoms with Crippen LogP contribution in [0.15, 0.2) is 12.0 Å². The monoisotopic (exact) mass is 135 g/mol. The van der Waals surface area contributed by atoms with Crippen molar-refractivity contribution in [1.29, 1.82) is 0 Å². The Morgan fingerprint density at radius 3 is 2.38 bits per heavy atom. The largest absolute Gasteiger partial charge is 0.233 e. The van der Waals surface area contributed by atoms with E-state index in [0.29, 0.717) is 6.54 Å². The summed E-state index contributed by atoms with van der Waals surface area (Å²) in [5.41, 5.74) is 0. The molecule has 0 aromatic carbocycles. The van der Waals surface area contributed by atoms with Gasteiger partial charge in [-0.1, -0.05) is 13.5 Å². The maximum atomic E-state index is 10.4. The lowest BCUT2D eigenvalue weighted by atomic mass is 10.8. The molecular formula is C4H9NO2S. The molecule has 0 heterocycles. The fourth-order valence-corrected chi connectivity index (χ4v) is 0.780. The highest BCUT2D eigenvalue weighted by Gasteiger charge is 1.96. The van der Waals surface area contributed by atoms with Gasteiger partial charge in [-0.05, 0) is 0 Å². The van der Waals surface area contributed by atoms with Crippen LogP contribution in [0.4, 0.5) is 0 Å². The number of hydrogen-bond donors (Lipinski definition) is 1. The van der Waals surface area contributed by atoms with Gasteiger partial charge in [-0.3, -0.25) is 0 Å². The summed E-state index contributed by atoms with van der Waals surface area (Å²) in [6, 6.07) is 0. The van der Waals surface area contributed by atoms with Gasteiger partial charge in [0.1, 0.15) is 0 Å². The van der Waals surface area contributed by atoms with Crippen LogP contribution in [-0.4, -0.2) is 15.0 Å². The van der Waals surface area contributed by atoms with Gasteiger partial charge in [0.05, 0.1) is 0 Å². The molecule has 0 bridgehead atoms. The summed E-state index contributed by atoms with van der Waals surface area (Å²) in [6.45, 7) is 5.22. The standard InChI is InChI=1S/C4H9NO2S/c1-3-5-8(6,7)4-2/h4-5H,2-3H2,1H3. The van der Waals surface area contributed by atoms with Crippen LogP contribution in [0.25, 0.3) is 0 Å². The maximum Gasteiger partial charge on any atom is 0.233 e. The highest BCUT2D eigenvalue weighted by atomic mass is 32.2. The lowest BCUT2D eigenvalue weighted by Crippen LogP contribution is -2.19. The molecule has 0 aromatic heterocycles. The smallest absolute Gasteiger partial charge is 0.212 e. The average Bonchev–Trinajstić information content (AvgIpc) is 1.67. The zero-order valence-corrected chi connectivity index (χ0v) is 5.53. The first-order valence-corrected chi connectivity index (χ1v) is 3.79. The zero-order valence-electron chi connectivity index (χ0n) is 4.72. The Morgan fingerprint density at radius 1 is 1.75 bits per heavy atom. The topological polar surface area (TPSA) is 46.2 Å². The highest BCUT2D eigenvalue weighted by Crippen LogP contribution is 1.79. The van der Waals surface area contributed by atoms with E-state index in [4.69, 9.17) is 0 Å². The molecule has 1 N–H and O–H groups in total. The van der Waals surface area contributed by atoms with E-state index in [9.17, 15) is 8.42 Å². The fraction of sp³-hybridized carbons (Fsp3) is 0.500. The van der Waals surface area contributed by atoms with Gasteiger partial charge >= 0.3 is 0 Å². The van der Waals surface area contributed by atoms with Crippen LogP contribution < -0.4 is 4.72 Å². The van der Waals surface area contributed by atoms with Crippen LogP contribution in [-0.2, 0) is 10.0 Å². The molecule has 0 unspecified atom stereocenters. The van der Waals surface area contributed by atoms with Gasteiger partial charge in [-0.2, -0.15) is 0 Å². The molecular weight excluding hydrogens is 126 g/mol. The summed E-state index contributed by atoms with van der Waals surface area (Å²) in [6.07, 6.45) is 0. The summed E-state index contributed by atoms with van der Waals surface area (Å²) in [5, 5.41) is 0.885. The minimum atomic E-state index is -3.16. The van der Waals surface area contributed by atoms with Gasteiger partial charge in [0, 0.05) is 12.0 Å². The van der Waals surface area contributed by atoms with E-state index in [1.54, 1.807) is 6.92 Å². The van der Waals surface area contributed by atoms with Gasteiger partial charge in [0.25, 0.3) is 0 Å². The third-order valence-corrected chi connectivity index (χ3v) is 1.69. The third-order valence-electron chi connectivity index (χ3n) is 0.565. The van der Waals surface area contributed by atoms with Gasteiger partial charge in [0.15, 0.2) is 0 Å². The molecule has 0 rings (SSSR count). The van der Waals surface area contributed by atoms with E-state index >= 15 is 0 Å². The van der Waals surface area contributed by atoms with Crippen molar-refractivity contribution < 1.29 is 8.42 Å². The second-order valence-corrected chi connectivity index (χ2v) is 2.92. The molecule has 0 aromatic rings. The SMILES string of the molecule is C=CS(=O)(=O)NCC. The number of hydrogen-bond acceptors (Lipinski definition) is 2. The first-order valence-electron chi connectivity index (χ1n) is 2.24. The molecule has 8 heavy (non-hydrogen) atoms. The second-order valence-electron chi connectivity index (χ2n) is 1.21. The summed E-state index contributed by atoms with van der Waals surface area (Å²) >= 11 is 0. The van der Waals surface area contributed by atoms with Gasteiger partial charge < -0.3 is 0 Å². The van der Waals surface area contributed by atoms with Gasteiger partial charge in [-0.25, -0.2) is 13.1 Å². The second kappa shape index (κ2) is 2.84. The lowest BCUT2D eigenvalue weighted by molar-refractivity contribution is 0.593. The molecule has 0 amide bonds. The van der Waals surface area contributed by atoms with Crippen molar-refractivity contribution in [1.82, 2.24) is 4.72 Å². The minimum absolute atomic E-state index is 0.411. The van der Waals surface area contributed by atoms with Crippen LogP contribution in [0.3, 0.4) is 0 Å². The number of nitrogens with one attached hydrogen (secondary N) is 1. The summed E-state index contributed by atoms with van der Waals surface area (Å²) in [7, 11) is -3.16. The van der Waals surface area contributed by atoms with Crippen LogP contribution >= 0.6 is 0 Å².